The highest BCUT2D eigenvalue weighted by Gasteiger charge is 2.37. The van der Waals surface area contributed by atoms with Crippen LogP contribution in [0.25, 0.3) is 0 Å². The van der Waals surface area contributed by atoms with Gasteiger partial charge in [-0.2, -0.15) is 0 Å². The molecule has 0 radical (unpaired) electrons. The first-order valence-corrected chi connectivity index (χ1v) is 8.57. The van der Waals surface area contributed by atoms with Gasteiger partial charge in [0.2, 0.25) is 11.8 Å². The summed E-state index contributed by atoms with van der Waals surface area (Å²) >= 11 is 6.08. The van der Waals surface area contributed by atoms with E-state index in [-0.39, 0.29) is 23.8 Å². The van der Waals surface area contributed by atoms with Crippen molar-refractivity contribution in [3.63, 3.8) is 0 Å². The van der Waals surface area contributed by atoms with Gasteiger partial charge in [-0.25, -0.2) is 0 Å². The third-order valence-electron chi connectivity index (χ3n) is 4.62. The standard InChI is InChI=1S/C18H21ClN2O3/c1-2-17(22)20-9-7-13(8-10-20)18(23)21-11-14(12-21)24-16-6-4-3-5-15(16)19/h2-6,13-14H,1,7-12H2. The molecule has 24 heavy (non-hydrogen) atoms. The molecule has 0 atom stereocenters. The zero-order valence-electron chi connectivity index (χ0n) is 13.5. The molecule has 0 aromatic heterocycles. The van der Waals surface area contributed by atoms with Crippen molar-refractivity contribution in [1.29, 1.82) is 0 Å². The van der Waals surface area contributed by atoms with Crippen molar-refractivity contribution in [3.05, 3.63) is 41.9 Å². The topological polar surface area (TPSA) is 49.9 Å². The van der Waals surface area contributed by atoms with Gasteiger partial charge in [0.25, 0.3) is 0 Å². The van der Waals surface area contributed by atoms with Crippen molar-refractivity contribution in [2.75, 3.05) is 26.2 Å². The Balaban J connectivity index is 1.45. The van der Waals surface area contributed by atoms with E-state index in [1.54, 1.807) is 11.0 Å². The van der Waals surface area contributed by atoms with E-state index < -0.39 is 0 Å². The molecule has 0 aliphatic carbocycles. The minimum atomic E-state index is -0.0574. The number of likely N-dealkylation sites (tertiary alicyclic amines) is 2. The Bertz CT molecular complexity index is 635. The van der Waals surface area contributed by atoms with Crippen LogP contribution >= 0.6 is 11.6 Å². The van der Waals surface area contributed by atoms with Gasteiger partial charge in [0.05, 0.1) is 18.1 Å². The van der Waals surface area contributed by atoms with E-state index in [4.69, 9.17) is 16.3 Å². The minimum Gasteiger partial charge on any atom is -0.485 e. The molecule has 2 fully saturated rings. The highest BCUT2D eigenvalue weighted by molar-refractivity contribution is 6.32. The Hall–Kier alpha value is -2.01. The van der Waals surface area contributed by atoms with E-state index in [2.05, 4.69) is 6.58 Å². The van der Waals surface area contributed by atoms with Gasteiger partial charge in [0.1, 0.15) is 11.9 Å². The molecule has 1 aromatic carbocycles. The van der Waals surface area contributed by atoms with Crippen LogP contribution in [0.2, 0.25) is 5.02 Å². The Kier molecular flexibility index (Phi) is 5.09. The van der Waals surface area contributed by atoms with E-state index >= 15 is 0 Å². The highest BCUT2D eigenvalue weighted by Crippen LogP contribution is 2.28. The number of rotatable bonds is 4. The molecule has 5 nitrogen and oxygen atoms in total. The molecule has 0 N–H and O–H groups in total. The van der Waals surface area contributed by atoms with Gasteiger partial charge in [-0.15, -0.1) is 0 Å². The average Bonchev–Trinajstić information content (AvgIpc) is 2.58. The third-order valence-corrected chi connectivity index (χ3v) is 4.93. The number of hydrogen-bond donors (Lipinski definition) is 0. The lowest BCUT2D eigenvalue weighted by atomic mass is 9.93. The van der Waals surface area contributed by atoms with E-state index in [1.165, 1.54) is 6.08 Å². The summed E-state index contributed by atoms with van der Waals surface area (Å²) in [6.07, 6.45) is 2.75. The molecule has 2 amide bonds. The summed E-state index contributed by atoms with van der Waals surface area (Å²) in [5.41, 5.74) is 0. The fourth-order valence-electron chi connectivity index (χ4n) is 3.15. The van der Waals surface area contributed by atoms with Gasteiger partial charge in [0.15, 0.2) is 0 Å². The fraction of sp³-hybridized carbons (Fsp3) is 0.444. The van der Waals surface area contributed by atoms with Crippen molar-refractivity contribution >= 4 is 23.4 Å². The molecule has 0 spiro atoms. The summed E-state index contributed by atoms with van der Waals surface area (Å²) in [4.78, 5) is 27.7. The molecule has 0 unspecified atom stereocenters. The van der Waals surface area contributed by atoms with E-state index in [0.717, 1.165) is 0 Å². The fourth-order valence-corrected chi connectivity index (χ4v) is 3.33. The van der Waals surface area contributed by atoms with Gasteiger partial charge in [-0.1, -0.05) is 30.3 Å². The number of benzene rings is 1. The lowest BCUT2D eigenvalue weighted by molar-refractivity contribution is -0.147. The lowest BCUT2D eigenvalue weighted by Crippen LogP contribution is -2.58. The monoisotopic (exact) mass is 348 g/mol. The Morgan fingerprint density at radius 3 is 2.46 bits per heavy atom. The molecule has 3 rings (SSSR count). The van der Waals surface area contributed by atoms with Crippen LogP contribution in [0.4, 0.5) is 0 Å². The van der Waals surface area contributed by atoms with E-state index in [1.807, 2.05) is 23.1 Å². The van der Waals surface area contributed by atoms with Crippen LogP contribution in [-0.2, 0) is 9.59 Å². The lowest BCUT2D eigenvalue weighted by Gasteiger charge is -2.42. The number of amides is 2. The number of nitrogens with zero attached hydrogens (tertiary/aromatic N) is 2. The molecule has 0 saturated carbocycles. The number of carbonyl (C=O) groups is 2. The van der Waals surface area contributed by atoms with Gasteiger partial charge < -0.3 is 14.5 Å². The Morgan fingerprint density at radius 1 is 1.17 bits per heavy atom. The first kappa shape index (κ1) is 16.8. The number of ether oxygens (including phenoxy) is 1. The summed E-state index contributed by atoms with van der Waals surface area (Å²) in [6.45, 7) is 5.93. The maximum absolute atomic E-state index is 12.5. The molecule has 2 aliphatic rings. The maximum Gasteiger partial charge on any atom is 0.245 e. The van der Waals surface area contributed by atoms with Crippen LogP contribution in [0.15, 0.2) is 36.9 Å². The number of piperidine rings is 1. The quantitative estimate of drug-likeness (QED) is 0.785. The molecule has 6 heteroatoms. The van der Waals surface area contributed by atoms with Gasteiger partial charge in [-0.05, 0) is 31.1 Å². The summed E-state index contributed by atoms with van der Waals surface area (Å²) in [6, 6.07) is 7.35. The second-order valence-corrected chi connectivity index (χ2v) is 6.62. The largest absolute Gasteiger partial charge is 0.485 e. The molecular formula is C18H21ClN2O3. The zero-order valence-corrected chi connectivity index (χ0v) is 14.2. The molecule has 2 saturated heterocycles. The zero-order chi connectivity index (χ0) is 17.1. The van der Waals surface area contributed by atoms with Crippen molar-refractivity contribution in [1.82, 2.24) is 9.80 Å². The van der Waals surface area contributed by atoms with E-state index in [9.17, 15) is 9.59 Å². The van der Waals surface area contributed by atoms with Gasteiger partial charge in [0, 0.05) is 19.0 Å². The summed E-state index contributed by atoms with van der Waals surface area (Å²) in [7, 11) is 0. The minimum absolute atomic E-state index is 0.000119. The number of para-hydroxylation sites is 1. The first-order chi connectivity index (χ1) is 11.6. The predicted octanol–water partition coefficient (Wildman–Crippen LogP) is 2.35. The second-order valence-electron chi connectivity index (χ2n) is 6.22. The SMILES string of the molecule is C=CC(=O)N1CCC(C(=O)N2CC(Oc3ccccc3Cl)C2)CC1. The maximum atomic E-state index is 12.5. The second kappa shape index (κ2) is 7.26. The van der Waals surface area contributed by atoms with Crippen molar-refractivity contribution in [2.24, 2.45) is 5.92 Å². The van der Waals surface area contributed by atoms with Crippen LogP contribution < -0.4 is 4.74 Å². The van der Waals surface area contributed by atoms with Crippen LogP contribution in [0.1, 0.15) is 12.8 Å². The third kappa shape index (κ3) is 3.56. The molecule has 1 aromatic rings. The average molecular weight is 349 g/mol. The van der Waals surface area contributed by atoms with E-state index in [0.29, 0.717) is 49.8 Å². The summed E-state index contributed by atoms with van der Waals surface area (Å²) < 4.78 is 5.82. The number of carbonyl (C=O) groups excluding carboxylic acids is 2. The molecule has 0 bridgehead atoms. The molecular weight excluding hydrogens is 328 g/mol. The van der Waals surface area contributed by atoms with Crippen molar-refractivity contribution in [3.8, 4) is 5.75 Å². The molecule has 2 aliphatic heterocycles. The van der Waals surface area contributed by atoms with Crippen molar-refractivity contribution in [2.45, 2.75) is 18.9 Å². The Labute approximate surface area is 146 Å². The van der Waals surface area contributed by atoms with Crippen LogP contribution in [-0.4, -0.2) is 53.9 Å². The van der Waals surface area contributed by atoms with Gasteiger partial charge >= 0.3 is 0 Å². The van der Waals surface area contributed by atoms with Gasteiger partial charge in [-0.3, -0.25) is 9.59 Å². The number of hydrogen-bond acceptors (Lipinski definition) is 3. The normalized spacial score (nSPS) is 18.9. The first-order valence-electron chi connectivity index (χ1n) is 8.20. The molecule has 128 valence electrons. The van der Waals surface area contributed by atoms with Crippen LogP contribution in [0, 0.1) is 5.92 Å². The van der Waals surface area contributed by atoms with Crippen molar-refractivity contribution < 1.29 is 14.3 Å². The molecule has 2 heterocycles. The highest BCUT2D eigenvalue weighted by atomic mass is 35.5. The van der Waals surface area contributed by atoms with Crippen LogP contribution in [0.3, 0.4) is 0 Å². The Morgan fingerprint density at radius 2 is 1.83 bits per heavy atom. The predicted molar refractivity (Wildman–Crippen MR) is 91.9 cm³/mol. The smallest absolute Gasteiger partial charge is 0.245 e. The summed E-state index contributed by atoms with van der Waals surface area (Å²) in [5, 5.41) is 0.585. The number of halogens is 1. The summed E-state index contributed by atoms with van der Waals surface area (Å²) in [5.74, 6) is 0.769. The van der Waals surface area contributed by atoms with Crippen LogP contribution in [0.5, 0.6) is 5.75 Å².